The Balaban J connectivity index is 2.08. The molecular weight excluding hydrogens is 210 g/mol. The summed E-state index contributed by atoms with van der Waals surface area (Å²) in [5.74, 6) is 2.24. The highest BCUT2D eigenvalue weighted by Crippen LogP contribution is 2.23. The molecular formula is C15H18NO+. The molecule has 0 spiro atoms. The number of hydrogen-bond donors (Lipinski definition) is 1. The van der Waals surface area contributed by atoms with Gasteiger partial charge in [-0.3, -0.25) is 0 Å². The van der Waals surface area contributed by atoms with Gasteiger partial charge in [-0.05, 0) is 29.8 Å². The summed E-state index contributed by atoms with van der Waals surface area (Å²) in [5, 5.41) is 0. The lowest BCUT2D eigenvalue weighted by atomic mass is 10.0. The molecule has 1 unspecified atom stereocenters. The molecule has 2 rings (SSSR count). The fourth-order valence-corrected chi connectivity index (χ4v) is 1.66. The van der Waals surface area contributed by atoms with Crippen molar-refractivity contribution in [3.05, 3.63) is 60.2 Å². The average Bonchev–Trinajstić information content (AvgIpc) is 2.40. The highest BCUT2D eigenvalue weighted by Gasteiger charge is 2.04. The Morgan fingerprint density at radius 3 is 2.12 bits per heavy atom. The molecule has 2 aromatic rings. The molecule has 0 amide bonds. The fraction of sp³-hybridized carbons (Fsp3) is 0.200. The molecule has 0 bridgehead atoms. The van der Waals surface area contributed by atoms with Crippen molar-refractivity contribution in [2.24, 2.45) is 0 Å². The predicted octanol–water partition coefficient (Wildman–Crippen LogP) is 2.82. The van der Waals surface area contributed by atoms with E-state index >= 15 is 0 Å². The molecule has 0 fully saturated rings. The second kappa shape index (κ2) is 5.51. The zero-order valence-corrected chi connectivity index (χ0v) is 10.1. The van der Waals surface area contributed by atoms with Crippen LogP contribution in [0.4, 0.5) is 0 Å². The largest absolute Gasteiger partial charge is 0.457 e. The van der Waals surface area contributed by atoms with Crippen LogP contribution in [0, 0.1) is 0 Å². The van der Waals surface area contributed by atoms with Gasteiger partial charge >= 0.3 is 0 Å². The van der Waals surface area contributed by atoms with Gasteiger partial charge in [0.2, 0.25) is 0 Å². The first-order valence-corrected chi connectivity index (χ1v) is 5.91. The van der Waals surface area contributed by atoms with Crippen LogP contribution in [-0.2, 0) is 0 Å². The molecule has 0 heterocycles. The summed E-state index contributed by atoms with van der Waals surface area (Å²) < 4.78 is 5.73. The third-order valence-corrected chi connectivity index (χ3v) is 2.86. The molecule has 0 saturated heterocycles. The first kappa shape index (κ1) is 11.7. The minimum absolute atomic E-state index is 0.501. The third kappa shape index (κ3) is 3.08. The van der Waals surface area contributed by atoms with Crippen molar-refractivity contribution in [2.45, 2.75) is 12.8 Å². The molecule has 0 aromatic heterocycles. The Labute approximate surface area is 102 Å². The molecule has 0 aliphatic rings. The molecule has 0 radical (unpaired) electrons. The molecule has 2 heteroatoms. The van der Waals surface area contributed by atoms with Gasteiger partial charge in [0.15, 0.2) is 0 Å². The van der Waals surface area contributed by atoms with Crippen molar-refractivity contribution in [2.75, 3.05) is 6.54 Å². The van der Waals surface area contributed by atoms with Gasteiger partial charge < -0.3 is 10.5 Å². The first-order valence-electron chi connectivity index (χ1n) is 5.91. The quantitative estimate of drug-likeness (QED) is 0.858. The molecule has 17 heavy (non-hydrogen) atoms. The maximum absolute atomic E-state index is 5.73. The van der Waals surface area contributed by atoms with E-state index in [9.17, 15) is 0 Å². The minimum Gasteiger partial charge on any atom is -0.457 e. The van der Waals surface area contributed by atoms with Gasteiger partial charge in [-0.2, -0.15) is 0 Å². The van der Waals surface area contributed by atoms with Crippen molar-refractivity contribution in [3.63, 3.8) is 0 Å². The van der Waals surface area contributed by atoms with Crippen LogP contribution >= 0.6 is 0 Å². The standard InChI is InChI=1S/C15H17NO/c1-12(11-16)13-7-9-15(10-8-13)17-14-5-3-2-4-6-14/h2-10,12H,11,16H2,1H3/p+1. The molecule has 0 aliphatic heterocycles. The summed E-state index contributed by atoms with van der Waals surface area (Å²) in [6, 6.07) is 18.0. The zero-order chi connectivity index (χ0) is 12.1. The van der Waals surface area contributed by atoms with Gasteiger partial charge in [0, 0.05) is 5.92 Å². The Morgan fingerprint density at radius 2 is 1.53 bits per heavy atom. The van der Waals surface area contributed by atoms with E-state index < -0.39 is 0 Å². The van der Waals surface area contributed by atoms with Crippen LogP contribution in [0.1, 0.15) is 18.4 Å². The summed E-state index contributed by atoms with van der Waals surface area (Å²) in [6.07, 6.45) is 0. The Morgan fingerprint density at radius 1 is 0.941 bits per heavy atom. The molecule has 3 N–H and O–H groups in total. The van der Waals surface area contributed by atoms with Gasteiger partial charge in [0.1, 0.15) is 11.5 Å². The topological polar surface area (TPSA) is 36.9 Å². The van der Waals surface area contributed by atoms with E-state index in [-0.39, 0.29) is 0 Å². The normalized spacial score (nSPS) is 12.1. The summed E-state index contributed by atoms with van der Waals surface area (Å²) >= 11 is 0. The van der Waals surface area contributed by atoms with Crippen molar-refractivity contribution >= 4 is 0 Å². The molecule has 2 nitrogen and oxygen atoms in total. The number of benzene rings is 2. The van der Waals surface area contributed by atoms with E-state index in [1.165, 1.54) is 5.56 Å². The second-order valence-corrected chi connectivity index (χ2v) is 4.17. The Kier molecular flexibility index (Phi) is 3.78. The predicted molar refractivity (Wildman–Crippen MR) is 69.1 cm³/mol. The van der Waals surface area contributed by atoms with Crippen LogP contribution < -0.4 is 10.5 Å². The maximum Gasteiger partial charge on any atom is 0.127 e. The van der Waals surface area contributed by atoms with Gasteiger partial charge in [0.05, 0.1) is 6.54 Å². The lowest BCUT2D eigenvalue weighted by Crippen LogP contribution is -2.52. The van der Waals surface area contributed by atoms with Crippen molar-refractivity contribution in [1.82, 2.24) is 0 Å². The van der Waals surface area contributed by atoms with Crippen LogP contribution in [0.2, 0.25) is 0 Å². The van der Waals surface area contributed by atoms with Crippen LogP contribution in [0.15, 0.2) is 54.6 Å². The fourth-order valence-electron chi connectivity index (χ4n) is 1.66. The average molecular weight is 228 g/mol. The number of ether oxygens (including phenoxy) is 1. The maximum atomic E-state index is 5.73. The number of para-hydroxylation sites is 1. The molecule has 1 atom stereocenters. The van der Waals surface area contributed by atoms with Crippen molar-refractivity contribution < 1.29 is 10.5 Å². The number of quaternary nitrogens is 1. The van der Waals surface area contributed by atoms with Crippen molar-refractivity contribution in [3.8, 4) is 11.5 Å². The zero-order valence-electron chi connectivity index (χ0n) is 10.1. The van der Waals surface area contributed by atoms with E-state index in [0.29, 0.717) is 5.92 Å². The van der Waals surface area contributed by atoms with E-state index in [0.717, 1.165) is 18.0 Å². The number of rotatable bonds is 4. The molecule has 0 aliphatic carbocycles. The lowest BCUT2D eigenvalue weighted by Gasteiger charge is -2.09. The van der Waals surface area contributed by atoms with Gasteiger partial charge in [-0.15, -0.1) is 0 Å². The van der Waals surface area contributed by atoms with E-state index in [1.807, 2.05) is 42.5 Å². The molecule has 0 saturated carbocycles. The summed E-state index contributed by atoms with van der Waals surface area (Å²) in [6.45, 7) is 3.10. The number of hydrogen-bond acceptors (Lipinski definition) is 1. The Bertz CT molecular complexity index is 450. The second-order valence-electron chi connectivity index (χ2n) is 4.17. The SMILES string of the molecule is CC(C[NH3+])c1ccc(Oc2ccccc2)cc1. The van der Waals surface area contributed by atoms with E-state index in [2.05, 4.69) is 24.8 Å². The first-order chi connectivity index (χ1) is 8.29. The van der Waals surface area contributed by atoms with Crippen LogP contribution in [0.5, 0.6) is 11.5 Å². The summed E-state index contributed by atoms with van der Waals surface area (Å²) in [7, 11) is 0. The summed E-state index contributed by atoms with van der Waals surface area (Å²) in [5.41, 5.74) is 5.23. The van der Waals surface area contributed by atoms with Crippen LogP contribution in [-0.4, -0.2) is 6.54 Å². The van der Waals surface area contributed by atoms with Crippen molar-refractivity contribution in [1.29, 1.82) is 0 Å². The monoisotopic (exact) mass is 228 g/mol. The highest BCUT2D eigenvalue weighted by molar-refractivity contribution is 5.33. The van der Waals surface area contributed by atoms with Crippen LogP contribution in [0.3, 0.4) is 0 Å². The highest BCUT2D eigenvalue weighted by atomic mass is 16.5. The van der Waals surface area contributed by atoms with Crippen LogP contribution in [0.25, 0.3) is 0 Å². The van der Waals surface area contributed by atoms with E-state index in [4.69, 9.17) is 4.74 Å². The molecule has 2 aromatic carbocycles. The Hall–Kier alpha value is -1.80. The van der Waals surface area contributed by atoms with E-state index in [1.54, 1.807) is 0 Å². The minimum atomic E-state index is 0.501. The summed E-state index contributed by atoms with van der Waals surface area (Å²) in [4.78, 5) is 0. The lowest BCUT2D eigenvalue weighted by molar-refractivity contribution is -0.371. The van der Waals surface area contributed by atoms with Gasteiger partial charge in [0.25, 0.3) is 0 Å². The van der Waals surface area contributed by atoms with Gasteiger partial charge in [-0.25, -0.2) is 0 Å². The smallest absolute Gasteiger partial charge is 0.127 e. The molecule has 88 valence electrons. The van der Waals surface area contributed by atoms with Gasteiger partial charge in [-0.1, -0.05) is 37.3 Å². The third-order valence-electron chi connectivity index (χ3n) is 2.86.